The van der Waals surface area contributed by atoms with E-state index in [2.05, 4.69) is 26.4 Å². The number of rotatable bonds is 4. The molecule has 0 aromatic carbocycles. The van der Waals surface area contributed by atoms with Crippen molar-refractivity contribution in [2.24, 2.45) is 0 Å². The summed E-state index contributed by atoms with van der Waals surface area (Å²) in [5.41, 5.74) is 1.67. The van der Waals surface area contributed by atoms with Gasteiger partial charge in [-0.2, -0.15) is 0 Å². The van der Waals surface area contributed by atoms with Crippen molar-refractivity contribution < 1.29 is 0 Å². The molecule has 2 aromatic rings. The number of nitrogens with one attached hydrogen (secondary N) is 1. The van der Waals surface area contributed by atoms with Crippen LogP contribution in [0.1, 0.15) is 37.9 Å². The van der Waals surface area contributed by atoms with Crippen LogP contribution in [0.5, 0.6) is 0 Å². The van der Waals surface area contributed by atoms with Gasteiger partial charge in [0.2, 0.25) is 0 Å². The van der Waals surface area contributed by atoms with Crippen LogP contribution >= 0.6 is 0 Å². The Morgan fingerprint density at radius 2 is 2.33 bits per heavy atom. The van der Waals surface area contributed by atoms with Crippen molar-refractivity contribution in [1.82, 2.24) is 19.5 Å². The van der Waals surface area contributed by atoms with Crippen molar-refractivity contribution in [1.29, 1.82) is 0 Å². The van der Waals surface area contributed by atoms with E-state index in [1.54, 1.807) is 12.3 Å². The predicted molar refractivity (Wildman–Crippen MR) is 68.3 cm³/mol. The fourth-order valence-electron chi connectivity index (χ4n) is 2.15. The third-order valence-corrected chi connectivity index (χ3v) is 3.15. The topological polar surface area (TPSA) is 63.6 Å². The molecule has 0 bridgehead atoms. The molecule has 2 aromatic heterocycles. The first kappa shape index (κ1) is 11.2. The number of hydrogen-bond acceptors (Lipinski definition) is 3. The molecule has 5 heteroatoms. The predicted octanol–water partition coefficient (Wildman–Crippen LogP) is 1.92. The quantitative estimate of drug-likeness (QED) is 0.893. The zero-order chi connectivity index (χ0) is 12.5. The van der Waals surface area contributed by atoms with E-state index in [-0.39, 0.29) is 5.56 Å². The first-order valence-corrected chi connectivity index (χ1v) is 6.40. The highest BCUT2D eigenvalue weighted by molar-refractivity contribution is 5.49. The Kier molecular flexibility index (Phi) is 2.74. The molecular formula is C13H16N4O. The molecule has 1 aliphatic rings. The monoisotopic (exact) mass is 244 g/mol. The number of nitrogens with zero attached hydrogens (tertiary/aromatic N) is 3. The molecule has 1 N–H and O–H groups in total. The van der Waals surface area contributed by atoms with Crippen LogP contribution in [-0.2, 0) is 6.42 Å². The molecule has 1 aliphatic carbocycles. The second-order valence-electron chi connectivity index (χ2n) is 4.75. The average Bonchev–Trinajstić information content (AvgIpc) is 3.06. The maximum Gasteiger partial charge on any atom is 0.251 e. The molecular weight excluding hydrogens is 228 g/mol. The van der Waals surface area contributed by atoms with Gasteiger partial charge in [0.05, 0.1) is 12.5 Å². The van der Waals surface area contributed by atoms with Crippen molar-refractivity contribution in [2.45, 2.75) is 38.6 Å². The number of aryl methyl sites for hydroxylation is 1. The van der Waals surface area contributed by atoms with E-state index < -0.39 is 0 Å². The van der Waals surface area contributed by atoms with E-state index in [1.165, 1.54) is 12.8 Å². The van der Waals surface area contributed by atoms with Crippen LogP contribution in [0.2, 0.25) is 0 Å². The molecule has 94 valence electrons. The lowest BCUT2D eigenvalue weighted by atomic mass is 10.2. The van der Waals surface area contributed by atoms with Crippen molar-refractivity contribution in [3.05, 3.63) is 34.6 Å². The summed E-state index contributed by atoms with van der Waals surface area (Å²) in [6.07, 6.45) is 7.77. The number of H-pyrrole nitrogens is 1. The molecule has 3 rings (SSSR count). The highest BCUT2D eigenvalue weighted by atomic mass is 16.1. The van der Waals surface area contributed by atoms with Gasteiger partial charge in [0.15, 0.2) is 5.82 Å². The number of imidazole rings is 1. The van der Waals surface area contributed by atoms with Crippen LogP contribution in [0.3, 0.4) is 0 Å². The molecule has 5 nitrogen and oxygen atoms in total. The van der Waals surface area contributed by atoms with Crippen molar-refractivity contribution in [3.8, 4) is 11.5 Å². The number of hydrogen-bond donors (Lipinski definition) is 1. The van der Waals surface area contributed by atoms with Gasteiger partial charge >= 0.3 is 0 Å². The van der Waals surface area contributed by atoms with Gasteiger partial charge in [-0.3, -0.25) is 4.79 Å². The Balaban J connectivity index is 2.04. The lowest BCUT2D eigenvalue weighted by Crippen LogP contribution is -2.11. The molecule has 18 heavy (non-hydrogen) atoms. The molecule has 0 atom stereocenters. The van der Waals surface area contributed by atoms with Gasteiger partial charge in [-0.15, -0.1) is 0 Å². The second-order valence-corrected chi connectivity index (χ2v) is 4.75. The van der Waals surface area contributed by atoms with Crippen molar-refractivity contribution in [2.75, 3.05) is 0 Å². The van der Waals surface area contributed by atoms with Crippen LogP contribution in [0, 0.1) is 0 Å². The standard InChI is InChI=1S/C13H16N4O/c1-2-3-9-6-12(18)16-13(15-9)11-7-14-8-17(11)10-4-5-10/h6-8,10H,2-5H2,1H3,(H,15,16,18). The van der Waals surface area contributed by atoms with Gasteiger partial charge in [0, 0.05) is 17.8 Å². The highest BCUT2D eigenvalue weighted by Crippen LogP contribution is 2.37. The summed E-state index contributed by atoms with van der Waals surface area (Å²) in [5, 5.41) is 0. The summed E-state index contributed by atoms with van der Waals surface area (Å²) >= 11 is 0. The van der Waals surface area contributed by atoms with Crippen LogP contribution in [0.15, 0.2) is 23.4 Å². The SMILES string of the molecule is CCCc1cc(=O)[nH]c(-c2cncn2C2CC2)n1. The van der Waals surface area contributed by atoms with Gasteiger partial charge < -0.3 is 9.55 Å². The molecule has 2 heterocycles. The van der Waals surface area contributed by atoms with E-state index in [9.17, 15) is 4.79 Å². The molecule has 0 radical (unpaired) electrons. The van der Waals surface area contributed by atoms with Gasteiger partial charge in [-0.25, -0.2) is 9.97 Å². The normalized spacial score (nSPS) is 14.9. The zero-order valence-corrected chi connectivity index (χ0v) is 10.4. The Hall–Kier alpha value is -1.91. The first-order chi connectivity index (χ1) is 8.78. The summed E-state index contributed by atoms with van der Waals surface area (Å²) in [4.78, 5) is 23.1. The van der Waals surface area contributed by atoms with E-state index in [1.807, 2.05) is 6.33 Å². The molecule has 1 saturated carbocycles. The Morgan fingerprint density at radius 3 is 3.06 bits per heavy atom. The van der Waals surface area contributed by atoms with Gasteiger partial charge in [-0.1, -0.05) is 13.3 Å². The van der Waals surface area contributed by atoms with Gasteiger partial charge in [-0.05, 0) is 19.3 Å². The summed E-state index contributed by atoms with van der Waals surface area (Å²) in [6.45, 7) is 2.08. The van der Waals surface area contributed by atoms with Crippen LogP contribution < -0.4 is 5.56 Å². The molecule has 0 saturated heterocycles. The summed E-state index contributed by atoms with van der Waals surface area (Å²) in [7, 11) is 0. The van der Waals surface area contributed by atoms with E-state index in [4.69, 9.17) is 0 Å². The van der Waals surface area contributed by atoms with E-state index in [0.717, 1.165) is 24.2 Å². The zero-order valence-electron chi connectivity index (χ0n) is 10.4. The van der Waals surface area contributed by atoms with Crippen molar-refractivity contribution in [3.63, 3.8) is 0 Å². The lowest BCUT2D eigenvalue weighted by Gasteiger charge is -2.06. The van der Waals surface area contributed by atoms with E-state index in [0.29, 0.717) is 11.9 Å². The first-order valence-electron chi connectivity index (χ1n) is 6.40. The fourth-order valence-corrected chi connectivity index (χ4v) is 2.15. The number of aromatic nitrogens is 4. The second kappa shape index (κ2) is 4.40. The minimum absolute atomic E-state index is 0.0907. The van der Waals surface area contributed by atoms with E-state index >= 15 is 0 Å². The maximum atomic E-state index is 11.7. The van der Waals surface area contributed by atoms with Gasteiger partial charge in [0.1, 0.15) is 5.69 Å². The molecule has 0 aliphatic heterocycles. The highest BCUT2D eigenvalue weighted by Gasteiger charge is 2.26. The Bertz CT molecular complexity index is 609. The van der Waals surface area contributed by atoms with Crippen LogP contribution in [-0.4, -0.2) is 19.5 Å². The molecule has 0 spiro atoms. The minimum atomic E-state index is -0.0907. The molecule has 0 unspecified atom stereocenters. The Labute approximate surface area is 105 Å². The summed E-state index contributed by atoms with van der Waals surface area (Å²) < 4.78 is 2.11. The smallest absolute Gasteiger partial charge is 0.251 e. The average molecular weight is 244 g/mol. The number of aromatic amines is 1. The minimum Gasteiger partial charge on any atom is -0.325 e. The maximum absolute atomic E-state index is 11.7. The van der Waals surface area contributed by atoms with Gasteiger partial charge in [0.25, 0.3) is 5.56 Å². The summed E-state index contributed by atoms with van der Waals surface area (Å²) in [6, 6.07) is 2.10. The van der Waals surface area contributed by atoms with Crippen molar-refractivity contribution >= 4 is 0 Å². The third-order valence-electron chi connectivity index (χ3n) is 3.15. The third kappa shape index (κ3) is 2.08. The lowest BCUT2D eigenvalue weighted by molar-refractivity contribution is 0.740. The molecule has 0 amide bonds. The summed E-state index contributed by atoms with van der Waals surface area (Å²) in [5.74, 6) is 0.635. The fraction of sp³-hybridized carbons (Fsp3) is 0.462. The molecule has 1 fully saturated rings. The Morgan fingerprint density at radius 1 is 1.50 bits per heavy atom. The largest absolute Gasteiger partial charge is 0.325 e. The van der Waals surface area contributed by atoms with Crippen LogP contribution in [0.25, 0.3) is 11.5 Å². The van der Waals surface area contributed by atoms with Crippen LogP contribution in [0.4, 0.5) is 0 Å².